The van der Waals surface area contributed by atoms with E-state index in [9.17, 15) is 0 Å². The summed E-state index contributed by atoms with van der Waals surface area (Å²) >= 11 is 0. The maximum atomic E-state index is 4.38. The van der Waals surface area contributed by atoms with Crippen LogP contribution in [0.2, 0.25) is 0 Å². The molecule has 0 spiro atoms. The average Bonchev–Trinajstić information content (AvgIpc) is 2.35. The van der Waals surface area contributed by atoms with Gasteiger partial charge in [0, 0.05) is 19.3 Å². The number of aromatic nitrogens is 2. The van der Waals surface area contributed by atoms with Crippen molar-refractivity contribution in [1.29, 1.82) is 0 Å². The van der Waals surface area contributed by atoms with Crippen LogP contribution in [-0.4, -0.2) is 9.97 Å². The fraction of sp³-hybridized carbons (Fsp3) is 0.375. The van der Waals surface area contributed by atoms with Crippen molar-refractivity contribution in [3.05, 3.63) is 58.2 Å². The molecule has 1 aromatic heterocycles. The molecule has 100 valence electrons. The number of hydrogen-bond acceptors (Lipinski definition) is 3. The molecule has 1 heterocycles. The van der Waals surface area contributed by atoms with Gasteiger partial charge in [0.05, 0.1) is 5.69 Å². The summed E-state index contributed by atoms with van der Waals surface area (Å²) in [6.07, 6.45) is 1.81. The quantitative estimate of drug-likeness (QED) is 0.912. The van der Waals surface area contributed by atoms with Gasteiger partial charge in [0.1, 0.15) is 5.82 Å². The summed E-state index contributed by atoms with van der Waals surface area (Å²) in [5.74, 6) is 0.821. The summed E-state index contributed by atoms with van der Waals surface area (Å²) < 4.78 is 0. The molecule has 0 unspecified atom stereocenters. The molecule has 2 rings (SSSR count). The Bertz CT molecular complexity index is 576. The highest BCUT2D eigenvalue weighted by Crippen LogP contribution is 2.15. The van der Waals surface area contributed by atoms with Gasteiger partial charge in [-0.15, -0.1) is 0 Å². The first kappa shape index (κ1) is 13.7. The van der Waals surface area contributed by atoms with E-state index in [1.54, 1.807) is 6.20 Å². The Morgan fingerprint density at radius 1 is 0.947 bits per heavy atom. The van der Waals surface area contributed by atoms with Crippen LogP contribution in [0.15, 0.2) is 24.4 Å². The van der Waals surface area contributed by atoms with E-state index in [2.05, 4.69) is 48.2 Å². The van der Waals surface area contributed by atoms with Crippen LogP contribution in [-0.2, 0) is 13.1 Å². The molecule has 0 radical (unpaired) electrons. The van der Waals surface area contributed by atoms with Crippen LogP contribution in [0.4, 0.5) is 0 Å². The number of rotatable bonds is 4. The summed E-state index contributed by atoms with van der Waals surface area (Å²) in [4.78, 5) is 8.49. The maximum Gasteiger partial charge on any atom is 0.125 e. The Morgan fingerprint density at radius 2 is 1.68 bits per heavy atom. The Kier molecular flexibility index (Phi) is 4.27. The van der Waals surface area contributed by atoms with Crippen molar-refractivity contribution < 1.29 is 0 Å². The van der Waals surface area contributed by atoms with Gasteiger partial charge in [0.2, 0.25) is 0 Å². The van der Waals surface area contributed by atoms with Crippen molar-refractivity contribution in [1.82, 2.24) is 15.3 Å². The first-order chi connectivity index (χ1) is 9.06. The molecule has 0 aliphatic carbocycles. The topological polar surface area (TPSA) is 37.8 Å². The van der Waals surface area contributed by atoms with E-state index in [0.29, 0.717) is 0 Å². The number of benzene rings is 1. The maximum absolute atomic E-state index is 4.38. The highest BCUT2D eigenvalue weighted by molar-refractivity contribution is 5.36. The molecule has 1 N–H and O–H groups in total. The summed E-state index contributed by atoms with van der Waals surface area (Å²) in [5, 5.41) is 3.44. The van der Waals surface area contributed by atoms with Crippen LogP contribution >= 0.6 is 0 Å². The van der Waals surface area contributed by atoms with E-state index in [4.69, 9.17) is 0 Å². The van der Waals surface area contributed by atoms with Crippen LogP contribution in [0.5, 0.6) is 0 Å². The summed E-state index contributed by atoms with van der Waals surface area (Å²) in [6, 6.07) is 6.47. The molecule has 0 fully saturated rings. The minimum atomic E-state index is 0.774. The molecule has 0 amide bonds. The van der Waals surface area contributed by atoms with Crippen molar-refractivity contribution in [2.24, 2.45) is 0 Å². The zero-order chi connectivity index (χ0) is 13.8. The minimum Gasteiger partial charge on any atom is -0.307 e. The Balaban J connectivity index is 1.98. The summed E-state index contributed by atoms with van der Waals surface area (Å²) in [6.45, 7) is 10.0. The summed E-state index contributed by atoms with van der Waals surface area (Å²) in [5.41, 5.74) is 6.44. The molecular weight excluding hydrogens is 234 g/mol. The lowest BCUT2D eigenvalue weighted by Gasteiger charge is -2.11. The van der Waals surface area contributed by atoms with Crippen LogP contribution in [0.3, 0.4) is 0 Å². The molecule has 0 saturated heterocycles. The van der Waals surface area contributed by atoms with E-state index >= 15 is 0 Å². The van der Waals surface area contributed by atoms with E-state index in [1.807, 2.05) is 13.0 Å². The monoisotopic (exact) mass is 255 g/mol. The van der Waals surface area contributed by atoms with Crippen molar-refractivity contribution in [3.8, 4) is 0 Å². The van der Waals surface area contributed by atoms with Gasteiger partial charge in [-0.3, -0.25) is 0 Å². The predicted molar refractivity (Wildman–Crippen MR) is 78.0 cm³/mol. The lowest BCUT2D eigenvalue weighted by Crippen LogP contribution is -2.15. The molecule has 19 heavy (non-hydrogen) atoms. The van der Waals surface area contributed by atoms with Gasteiger partial charge in [0.25, 0.3) is 0 Å². The average molecular weight is 255 g/mol. The highest BCUT2D eigenvalue weighted by Gasteiger charge is 2.02. The zero-order valence-corrected chi connectivity index (χ0v) is 12.1. The van der Waals surface area contributed by atoms with Crippen LogP contribution in [0.1, 0.15) is 33.8 Å². The highest BCUT2D eigenvalue weighted by atomic mass is 14.9. The van der Waals surface area contributed by atoms with Crippen LogP contribution in [0, 0.1) is 27.7 Å². The largest absolute Gasteiger partial charge is 0.307 e. The third-order valence-electron chi connectivity index (χ3n) is 3.41. The molecular formula is C16H21N3. The number of nitrogens with one attached hydrogen (secondary N) is 1. The van der Waals surface area contributed by atoms with Crippen LogP contribution < -0.4 is 5.32 Å². The zero-order valence-electron chi connectivity index (χ0n) is 12.1. The molecule has 0 aliphatic rings. The smallest absolute Gasteiger partial charge is 0.125 e. The first-order valence-corrected chi connectivity index (χ1v) is 6.62. The number of aryl methyl sites for hydroxylation is 4. The lowest BCUT2D eigenvalue weighted by atomic mass is 10.0. The van der Waals surface area contributed by atoms with E-state index in [1.165, 1.54) is 22.3 Å². The molecule has 0 saturated carbocycles. The Labute approximate surface area is 115 Å². The van der Waals surface area contributed by atoms with Crippen molar-refractivity contribution in [2.45, 2.75) is 40.8 Å². The van der Waals surface area contributed by atoms with Crippen molar-refractivity contribution in [2.75, 3.05) is 0 Å². The van der Waals surface area contributed by atoms with Gasteiger partial charge in [-0.05, 0) is 56.0 Å². The second-order valence-corrected chi connectivity index (χ2v) is 5.06. The third kappa shape index (κ3) is 3.61. The van der Waals surface area contributed by atoms with Gasteiger partial charge >= 0.3 is 0 Å². The van der Waals surface area contributed by atoms with Gasteiger partial charge in [-0.2, -0.15) is 0 Å². The van der Waals surface area contributed by atoms with Gasteiger partial charge in [0.15, 0.2) is 0 Å². The molecule has 2 aromatic rings. The molecule has 1 aromatic carbocycles. The second-order valence-electron chi connectivity index (χ2n) is 5.06. The molecule has 0 atom stereocenters. The van der Waals surface area contributed by atoms with Gasteiger partial charge in [-0.25, -0.2) is 9.97 Å². The number of nitrogens with zero attached hydrogens (tertiary/aromatic N) is 2. The van der Waals surface area contributed by atoms with E-state index in [-0.39, 0.29) is 0 Å². The van der Waals surface area contributed by atoms with Gasteiger partial charge in [-0.1, -0.05) is 12.1 Å². The van der Waals surface area contributed by atoms with Crippen LogP contribution in [0.25, 0.3) is 0 Å². The fourth-order valence-corrected chi connectivity index (χ4v) is 2.14. The Morgan fingerprint density at radius 3 is 2.42 bits per heavy atom. The molecule has 3 heteroatoms. The van der Waals surface area contributed by atoms with E-state index in [0.717, 1.165) is 24.6 Å². The third-order valence-corrected chi connectivity index (χ3v) is 3.41. The Hall–Kier alpha value is -1.74. The van der Waals surface area contributed by atoms with Crippen molar-refractivity contribution >= 4 is 0 Å². The first-order valence-electron chi connectivity index (χ1n) is 6.62. The van der Waals surface area contributed by atoms with Crippen molar-refractivity contribution in [3.63, 3.8) is 0 Å². The second kappa shape index (κ2) is 5.93. The SMILES string of the molecule is Cc1nccc(CNCc2cc(C)c(C)cc2C)n1. The molecule has 0 aliphatic heterocycles. The minimum absolute atomic E-state index is 0.774. The molecule has 0 bridgehead atoms. The molecule has 3 nitrogen and oxygen atoms in total. The van der Waals surface area contributed by atoms with E-state index < -0.39 is 0 Å². The normalized spacial score (nSPS) is 10.7. The predicted octanol–water partition coefficient (Wildman–Crippen LogP) is 3.00. The van der Waals surface area contributed by atoms with Gasteiger partial charge < -0.3 is 5.32 Å². The fourth-order valence-electron chi connectivity index (χ4n) is 2.14. The standard InChI is InChI=1S/C16H21N3/c1-11-7-13(3)15(8-12(11)2)9-17-10-16-5-6-18-14(4)19-16/h5-8,17H,9-10H2,1-4H3. The lowest BCUT2D eigenvalue weighted by molar-refractivity contribution is 0.672. The summed E-state index contributed by atoms with van der Waals surface area (Å²) in [7, 11) is 0. The number of hydrogen-bond donors (Lipinski definition) is 1.